The smallest absolute Gasteiger partial charge is 0.363 e. The van der Waals surface area contributed by atoms with Crippen LogP contribution in [0.1, 0.15) is 18.1 Å². The van der Waals surface area contributed by atoms with E-state index >= 15 is 0 Å². The van der Waals surface area contributed by atoms with Crippen LogP contribution in [0.5, 0.6) is 11.5 Å². The Bertz CT molecular complexity index is 873. The number of esters is 1. The van der Waals surface area contributed by atoms with Crippen LogP contribution in [0, 0.1) is 5.82 Å². The Balaban J connectivity index is 1.94. The van der Waals surface area contributed by atoms with Crippen LogP contribution in [-0.2, 0) is 9.53 Å². The summed E-state index contributed by atoms with van der Waals surface area (Å²) in [6.07, 6.45) is 1.46. The third-order valence-corrected chi connectivity index (χ3v) is 3.52. The van der Waals surface area contributed by atoms with Gasteiger partial charge in [0, 0.05) is 0 Å². The predicted octanol–water partition coefficient (Wildman–Crippen LogP) is 3.58. The van der Waals surface area contributed by atoms with E-state index in [9.17, 15) is 9.18 Å². The Morgan fingerprint density at radius 1 is 1.20 bits per heavy atom. The maximum Gasteiger partial charge on any atom is 0.363 e. The number of benzene rings is 2. The molecule has 0 unspecified atom stereocenters. The highest BCUT2D eigenvalue weighted by atomic mass is 19.1. The second-order valence-electron chi connectivity index (χ2n) is 5.16. The molecule has 0 fully saturated rings. The van der Waals surface area contributed by atoms with Crippen LogP contribution < -0.4 is 9.47 Å². The molecule has 6 heteroatoms. The fraction of sp³-hybridized carbons (Fsp3) is 0.158. The summed E-state index contributed by atoms with van der Waals surface area (Å²) in [7, 11) is 1.39. The van der Waals surface area contributed by atoms with Gasteiger partial charge < -0.3 is 14.2 Å². The Kier molecular flexibility index (Phi) is 4.79. The first kappa shape index (κ1) is 16.7. The number of aliphatic imine (C=N–C) groups is 1. The first-order valence-corrected chi connectivity index (χ1v) is 7.70. The number of rotatable bonds is 5. The van der Waals surface area contributed by atoms with Crippen LogP contribution in [0.15, 0.2) is 53.2 Å². The van der Waals surface area contributed by atoms with Crippen LogP contribution >= 0.6 is 0 Å². The van der Waals surface area contributed by atoms with Crippen molar-refractivity contribution in [3.8, 4) is 11.5 Å². The minimum Gasteiger partial charge on any atom is -0.494 e. The number of methoxy groups -OCH3 is 1. The third kappa shape index (κ3) is 3.52. The minimum atomic E-state index is -0.600. The molecule has 1 heterocycles. The number of cyclic esters (lactones) is 1. The zero-order valence-electron chi connectivity index (χ0n) is 13.8. The van der Waals surface area contributed by atoms with Crippen LogP contribution in [-0.4, -0.2) is 25.6 Å². The fourth-order valence-corrected chi connectivity index (χ4v) is 2.38. The number of ether oxygens (including phenoxy) is 3. The van der Waals surface area contributed by atoms with Gasteiger partial charge in [-0.25, -0.2) is 14.2 Å². The number of hydrogen-bond acceptors (Lipinski definition) is 5. The highest BCUT2D eigenvalue weighted by Gasteiger charge is 2.26. The molecule has 0 saturated carbocycles. The zero-order chi connectivity index (χ0) is 17.8. The van der Waals surface area contributed by atoms with E-state index in [4.69, 9.17) is 14.2 Å². The molecule has 0 aromatic heterocycles. The van der Waals surface area contributed by atoms with Gasteiger partial charge in [0.05, 0.1) is 19.3 Å². The summed E-state index contributed by atoms with van der Waals surface area (Å²) >= 11 is 0. The quantitative estimate of drug-likeness (QED) is 0.616. The molecule has 0 N–H and O–H groups in total. The van der Waals surface area contributed by atoms with Crippen molar-refractivity contribution in [2.75, 3.05) is 13.7 Å². The molecule has 1 aliphatic rings. The van der Waals surface area contributed by atoms with Crippen molar-refractivity contribution in [2.45, 2.75) is 6.92 Å². The van der Waals surface area contributed by atoms with Gasteiger partial charge in [0.25, 0.3) is 0 Å². The number of hydrogen-bond donors (Lipinski definition) is 0. The summed E-state index contributed by atoms with van der Waals surface area (Å²) in [4.78, 5) is 16.3. The van der Waals surface area contributed by atoms with Gasteiger partial charge in [-0.3, -0.25) is 0 Å². The van der Waals surface area contributed by atoms with E-state index in [-0.39, 0.29) is 17.3 Å². The molecule has 0 spiro atoms. The van der Waals surface area contributed by atoms with Gasteiger partial charge in [0.2, 0.25) is 5.90 Å². The van der Waals surface area contributed by atoms with E-state index in [0.29, 0.717) is 23.5 Å². The van der Waals surface area contributed by atoms with Gasteiger partial charge >= 0.3 is 5.97 Å². The molecular formula is C19H16FNO4. The average molecular weight is 341 g/mol. The Morgan fingerprint density at radius 3 is 2.72 bits per heavy atom. The number of para-hydroxylation sites is 1. The van der Waals surface area contributed by atoms with Crippen molar-refractivity contribution in [1.29, 1.82) is 0 Å². The molecule has 25 heavy (non-hydrogen) atoms. The molecule has 0 saturated heterocycles. The molecule has 0 radical (unpaired) electrons. The summed E-state index contributed by atoms with van der Waals surface area (Å²) in [5.41, 5.74) is 1.15. The lowest BCUT2D eigenvalue weighted by molar-refractivity contribution is -0.129. The van der Waals surface area contributed by atoms with E-state index in [2.05, 4.69) is 4.99 Å². The first-order valence-electron chi connectivity index (χ1n) is 7.70. The molecule has 5 nitrogen and oxygen atoms in total. The number of carbonyl (C=O) groups excluding carboxylic acids is 1. The zero-order valence-corrected chi connectivity index (χ0v) is 13.8. The van der Waals surface area contributed by atoms with Gasteiger partial charge in [-0.05, 0) is 42.8 Å². The van der Waals surface area contributed by atoms with Gasteiger partial charge in [0.1, 0.15) is 5.75 Å². The van der Waals surface area contributed by atoms with Crippen LogP contribution in [0.4, 0.5) is 4.39 Å². The van der Waals surface area contributed by atoms with Crippen molar-refractivity contribution in [3.63, 3.8) is 0 Å². The maximum atomic E-state index is 13.8. The van der Waals surface area contributed by atoms with Crippen molar-refractivity contribution in [2.24, 2.45) is 4.99 Å². The van der Waals surface area contributed by atoms with E-state index in [1.54, 1.807) is 24.3 Å². The number of carbonyl (C=O) groups is 1. The van der Waals surface area contributed by atoms with Crippen molar-refractivity contribution < 1.29 is 23.4 Å². The first-order chi connectivity index (χ1) is 12.1. The van der Waals surface area contributed by atoms with Crippen LogP contribution in [0.3, 0.4) is 0 Å². The number of halogens is 1. The van der Waals surface area contributed by atoms with E-state index in [1.807, 2.05) is 13.0 Å². The maximum absolute atomic E-state index is 13.8. The van der Waals surface area contributed by atoms with E-state index < -0.39 is 11.8 Å². The lowest BCUT2D eigenvalue weighted by atomic mass is 10.2. The van der Waals surface area contributed by atoms with Gasteiger partial charge in [-0.2, -0.15) is 0 Å². The predicted molar refractivity (Wildman–Crippen MR) is 91.2 cm³/mol. The number of nitrogens with zero attached hydrogens (tertiary/aromatic N) is 1. The SMILES string of the molecule is CCOc1ccccc1C1=N/C(=C\c2ccc(OC)c(F)c2)C(=O)O1. The topological polar surface area (TPSA) is 57.1 Å². The highest BCUT2D eigenvalue weighted by molar-refractivity contribution is 6.13. The fourth-order valence-electron chi connectivity index (χ4n) is 2.38. The Morgan fingerprint density at radius 2 is 2.00 bits per heavy atom. The molecule has 1 aliphatic heterocycles. The largest absolute Gasteiger partial charge is 0.494 e. The molecule has 0 amide bonds. The van der Waals surface area contributed by atoms with E-state index in [0.717, 1.165) is 0 Å². The van der Waals surface area contributed by atoms with Crippen molar-refractivity contribution in [3.05, 3.63) is 65.1 Å². The van der Waals surface area contributed by atoms with Crippen molar-refractivity contribution in [1.82, 2.24) is 0 Å². The standard InChI is InChI=1S/C19H16FNO4/c1-3-24-16-7-5-4-6-13(16)18-21-15(19(22)25-18)11-12-8-9-17(23-2)14(20)10-12/h4-11H,3H2,1-2H3/b15-11-. The normalized spacial score (nSPS) is 15.1. The second-order valence-corrected chi connectivity index (χ2v) is 5.16. The molecule has 0 aliphatic carbocycles. The second kappa shape index (κ2) is 7.17. The highest BCUT2D eigenvalue weighted by Crippen LogP contribution is 2.26. The molecule has 128 valence electrons. The molecule has 2 aromatic rings. The summed E-state index contributed by atoms with van der Waals surface area (Å²) in [6.45, 7) is 2.34. The van der Waals surface area contributed by atoms with Crippen LogP contribution in [0.2, 0.25) is 0 Å². The lowest BCUT2D eigenvalue weighted by Gasteiger charge is -2.08. The average Bonchev–Trinajstić information content (AvgIpc) is 2.96. The minimum absolute atomic E-state index is 0.0888. The van der Waals surface area contributed by atoms with Crippen LogP contribution in [0.25, 0.3) is 6.08 Å². The molecule has 2 aromatic carbocycles. The Labute approximate surface area is 144 Å². The van der Waals surface area contributed by atoms with Gasteiger partial charge in [0.15, 0.2) is 17.3 Å². The summed E-state index contributed by atoms with van der Waals surface area (Å²) in [6, 6.07) is 11.5. The summed E-state index contributed by atoms with van der Waals surface area (Å²) in [5, 5.41) is 0. The molecule has 0 bridgehead atoms. The Hall–Kier alpha value is -3.15. The van der Waals surface area contributed by atoms with Gasteiger partial charge in [-0.15, -0.1) is 0 Å². The molecular weight excluding hydrogens is 325 g/mol. The van der Waals surface area contributed by atoms with Crippen molar-refractivity contribution >= 4 is 17.9 Å². The third-order valence-electron chi connectivity index (χ3n) is 3.52. The van der Waals surface area contributed by atoms with Gasteiger partial charge in [-0.1, -0.05) is 18.2 Å². The molecule has 3 rings (SSSR count). The van der Waals surface area contributed by atoms with E-state index in [1.165, 1.54) is 25.3 Å². The monoisotopic (exact) mass is 341 g/mol. The summed E-state index contributed by atoms with van der Waals surface area (Å²) < 4.78 is 29.4. The summed E-state index contributed by atoms with van der Waals surface area (Å²) in [5.74, 6) is -0.250. The lowest BCUT2D eigenvalue weighted by Crippen LogP contribution is -2.07. The molecule has 0 atom stereocenters.